The summed E-state index contributed by atoms with van der Waals surface area (Å²) >= 11 is 1.60. The first-order valence-corrected chi connectivity index (χ1v) is 6.93. The average Bonchev–Trinajstić information content (AvgIpc) is 2.96. The summed E-state index contributed by atoms with van der Waals surface area (Å²) in [6.07, 6.45) is 1.83. The van der Waals surface area contributed by atoms with Gasteiger partial charge in [-0.25, -0.2) is 0 Å². The van der Waals surface area contributed by atoms with Gasteiger partial charge in [0.05, 0.1) is 6.20 Å². The third-order valence-corrected chi connectivity index (χ3v) is 3.91. The van der Waals surface area contributed by atoms with Crippen LogP contribution >= 0.6 is 11.3 Å². The molecule has 2 aromatic heterocycles. The first-order valence-electron chi connectivity index (χ1n) is 5.99. The van der Waals surface area contributed by atoms with Gasteiger partial charge in [-0.2, -0.15) is 16.4 Å². The second-order valence-corrected chi connectivity index (χ2v) is 5.62. The second kappa shape index (κ2) is 5.22. The lowest BCUT2D eigenvalue weighted by molar-refractivity contribution is 0.0548. The minimum atomic E-state index is -0.841. The first-order chi connectivity index (χ1) is 8.50. The molecule has 98 valence electrons. The Morgan fingerprint density at radius 2 is 2.39 bits per heavy atom. The number of hydrogen-bond acceptors (Lipinski definition) is 4. The lowest BCUT2D eigenvalue weighted by atomic mass is 9.98. The van der Waals surface area contributed by atoms with E-state index in [-0.39, 0.29) is 6.04 Å². The molecule has 4 nitrogen and oxygen atoms in total. The van der Waals surface area contributed by atoms with Crippen molar-refractivity contribution in [3.8, 4) is 0 Å². The third-order valence-electron chi connectivity index (χ3n) is 3.23. The number of thiophene rings is 1. The van der Waals surface area contributed by atoms with Crippen LogP contribution in [-0.2, 0) is 5.60 Å². The molecular formula is C13H19N3OS. The van der Waals surface area contributed by atoms with E-state index in [0.29, 0.717) is 6.54 Å². The normalized spacial score (nSPS) is 16.4. The van der Waals surface area contributed by atoms with E-state index in [1.54, 1.807) is 11.3 Å². The van der Waals surface area contributed by atoms with Crippen molar-refractivity contribution in [1.29, 1.82) is 0 Å². The summed E-state index contributed by atoms with van der Waals surface area (Å²) in [5, 5.41) is 24.7. The van der Waals surface area contributed by atoms with Crippen molar-refractivity contribution >= 4 is 11.3 Å². The molecule has 0 bridgehead atoms. The van der Waals surface area contributed by atoms with Crippen LogP contribution in [0.15, 0.2) is 23.0 Å². The molecule has 2 heterocycles. The Morgan fingerprint density at radius 1 is 1.61 bits per heavy atom. The highest BCUT2D eigenvalue weighted by molar-refractivity contribution is 7.08. The fourth-order valence-corrected chi connectivity index (χ4v) is 2.71. The summed E-state index contributed by atoms with van der Waals surface area (Å²) < 4.78 is 0. The molecule has 0 aromatic carbocycles. The molecule has 2 rings (SSSR count). The van der Waals surface area contributed by atoms with Crippen LogP contribution < -0.4 is 5.32 Å². The van der Waals surface area contributed by atoms with Crippen LogP contribution in [0.25, 0.3) is 0 Å². The van der Waals surface area contributed by atoms with Gasteiger partial charge in [0.1, 0.15) is 5.60 Å². The van der Waals surface area contributed by atoms with Crippen molar-refractivity contribution in [3.05, 3.63) is 39.8 Å². The van der Waals surface area contributed by atoms with Crippen molar-refractivity contribution in [2.24, 2.45) is 0 Å². The highest BCUT2D eigenvalue weighted by atomic mass is 32.1. The number of H-pyrrole nitrogens is 1. The van der Waals surface area contributed by atoms with Crippen molar-refractivity contribution < 1.29 is 5.11 Å². The number of nitrogens with one attached hydrogen (secondary N) is 2. The Morgan fingerprint density at radius 3 is 2.94 bits per heavy atom. The highest BCUT2D eigenvalue weighted by Gasteiger charge is 2.24. The topological polar surface area (TPSA) is 60.9 Å². The number of aromatic nitrogens is 2. The predicted molar refractivity (Wildman–Crippen MR) is 73.6 cm³/mol. The molecule has 0 fully saturated rings. The SMILES string of the molecule is Cc1[nH]ncc1C(C)NCC(C)(O)c1ccsc1. The Balaban J connectivity index is 1.98. The van der Waals surface area contributed by atoms with E-state index >= 15 is 0 Å². The van der Waals surface area contributed by atoms with Crippen LogP contribution in [0.4, 0.5) is 0 Å². The number of nitrogens with zero attached hydrogens (tertiary/aromatic N) is 1. The van der Waals surface area contributed by atoms with E-state index in [2.05, 4.69) is 22.4 Å². The number of hydrogen-bond donors (Lipinski definition) is 3. The molecule has 0 aliphatic carbocycles. The van der Waals surface area contributed by atoms with Crippen LogP contribution in [0, 0.1) is 6.92 Å². The van der Waals surface area contributed by atoms with E-state index in [1.165, 1.54) is 0 Å². The molecule has 0 aliphatic heterocycles. The standard InChI is InChI=1S/C13H19N3OS/c1-9(12-6-15-16-10(12)2)14-8-13(3,17)11-4-5-18-7-11/h4-7,9,14,17H,8H2,1-3H3,(H,15,16). The van der Waals surface area contributed by atoms with Crippen molar-refractivity contribution in [1.82, 2.24) is 15.5 Å². The fourth-order valence-electron chi connectivity index (χ4n) is 1.93. The zero-order valence-corrected chi connectivity index (χ0v) is 11.7. The summed E-state index contributed by atoms with van der Waals surface area (Å²) in [4.78, 5) is 0. The summed E-state index contributed by atoms with van der Waals surface area (Å²) in [7, 11) is 0. The molecule has 0 saturated carbocycles. The summed E-state index contributed by atoms with van der Waals surface area (Å²) in [6, 6.07) is 2.12. The van der Waals surface area contributed by atoms with Gasteiger partial charge in [-0.1, -0.05) is 0 Å². The van der Waals surface area contributed by atoms with E-state index in [0.717, 1.165) is 16.8 Å². The van der Waals surface area contributed by atoms with Gasteiger partial charge in [-0.3, -0.25) is 5.10 Å². The molecule has 0 amide bonds. The number of aliphatic hydroxyl groups is 1. The second-order valence-electron chi connectivity index (χ2n) is 4.84. The molecule has 0 saturated heterocycles. The fraction of sp³-hybridized carbons (Fsp3) is 0.462. The first kappa shape index (κ1) is 13.3. The zero-order chi connectivity index (χ0) is 13.2. The quantitative estimate of drug-likeness (QED) is 0.777. The Hall–Kier alpha value is -1.17. The summed E-state index contributed by atoms with van der Waals surface area (Å²) in [5.41, 5.74) is 2.31. The van der Waals surface area contributed by atoms with Crippen molar-refractivity contribution in [3.63, 3.8) is 0 Å². The van der Waals surface area contributed by atoms with E-state index < -0.39 is 5.60 Å². The van der Waals surface area contributed by atoms with Crippen LogP contribution in [0.3, 0.4) is 0 Å². The van der Waals surface area contributed by atoms with Gasteiger partial charge in [0.25, 0.3) is 0 Å². The van der Waals surface area contributed by atoms with Gasteiger partial charge in [0, 0.05) is 23.8 Å². The monoisotopic (exact) mass is 265 g/mol. The van der Waals surface area contributed by atoms with Crippen LogP contribution in [-0.4, -0.2) is 21.8 Å². The van der Waals surface area contributed by atoms with E-state index in [1.807, 2.05) is 36.9 Å². The average molecular weight is 265 g/mol. The number of aromatic amines is 1. The van der Waals surface area contributed by atoms with E-state index in [9.17, 15) is 5.11 Å². The molecule has 18 heavy (non-hydrogen) atoms. The molecule has 2 aromatic rings. The molecule has 5 heteroatoms. The lowest BCUT2D eigenvalue weighted by Crippen LogP contribution is -2.36. The minimum Gasteiger partial charge on any atom is -0.384 e. The summed E-state index contributed by atoms with van der Waals surface area (Å²) in [6.45, 7) is 6.41. The van der Waals surface area contributed by atoms with Gasteiger partial charge in [-0.05, 0) is 43.2 Å². The van der Waals surface area contributed by atoms with E-state index in [4.69, 9.17) is 0 Å². The highest BCUT2D eigenvalue weighted by Crippen LogP contribution is 2.23. The number of rotatable bonds is 5. The Bertz CT molecular complexity index is 490. The molecule has 0 radical (unpaired) electrons. The molecule has 2 atom stereocenters. The van der Waals surface area contributed by atoms with Crippen LogP contribution in [0.1, 0.15) is 36.7 Å². The maximum absolute atomic E-state index is 10.4. The molecular weight excluding hydrogens is 246 g/mol. The molecule has 2 unspecified atom stereocenters. The minimum absolute atomic E-state index is 0.161. The maximum Gasteiger partial charge on any atom is 0.100 e. The van der Waals surface area contributed by atoms with Gasteiger partial charge in [0.15, 0.2) is 0 Å². The summed E-state index contributed by atoms with van der Waals surface area (Å²) in [5.74, 6) is 0. The molecule has 3 N–H and O–H groups in total. The lowest BCUT2D eigenvalue weighted by Gasteiger charge is -2.25. The van der Waals surface area contributed by atoms with Gasteiger partial charge >= 0.3 is 0 Å². The predicted octanol–water partition coefficient (Wildman–Crippen LogP) is 2.34. The Kier molecular flexibility index (Phi) is 3.85. The van der Waals surface area contributed by atoms with Gasteiger partial charge in [0.2, 0.25) is 0 Å². The van der Waals surface area contributed by atoms with Crippen molar-refractivity contribution in [2.45, 2.75) is 32.4 Å². The Labute approximate surface area is 111 Å². The maximum atomic E-state index is 10.4. The zero-order valence-electron chi connectivity index (χ0n) is 10.9. The smallest absolute Gasteiger partial charge is 0.100 e. The van der Waals surface area contributed by atoms with Crippen LogP contribution in [0.5, 0.6) is 0 Å². The molecule has 0 spiro atoms. The van der Waals surface area contributed by atoms with Crippen molar-refractivity contribution in [2.75, 3.05) is 6.54 Å². The van der Waals surface area contributed by atoms with Gasteiger partial charge < -0.3 is 10.4 Å². The third kappa shape index (κ3) is 2.80. The van der Waals surface area contributed by atoms with Crippen LogP contribution in [0.2, 0.25) is 0 Å². The number of aryl methyl sites for hydroxylation is 1. The molecule has 0 aliphatic rings. The van der Waals surface area contributed by atoms with Gasteiger partial charge in [-0.15, -0.1) is 0 Å². The largest absolute Gasteiger partial charge is 0.384 e.